The summed E-state index contributed by atoms with van der Waals surface area (Å²) < 4.78 is 2.09. The summed E-state index contributed by atoms with van der Waals surface area (Å²) in [6, 6.07) is 3.76. The molecule has 164 valence electrons. The van der Waals surface area contributed by atoms with Gasteiger partial charge in [0.05, 0.1) is 10.5 Å². The van der Waals surface area contributed by atoms with Crippen molar-refractivity contribution in [2.24, 2.45) is 0 Å². The second-order valence-corrected chi connectivity index (χ2v) is 9.78. The lowest BCUT2D eigenvalue weighted by Crippen LogP contribution is -2.47. The zero-order valence-corrected chi connectivity index (χ0v) is 19.9. The predicted molar refractivity (Wildman–Crippen MR) is 131 cm³/mol. The maximum Gasteiger partial charge on any atom is 0.267 e. The lowest BCUT2D eigenvalue weighted by Gasteiger charge is -2.35. The second-order valence-electron chi connectivity index (χ2n) is 8.11. The number of aryl methyl sites for hydroxylation is 1. The van der Waals surface area contributed by atoms with Crippen LogP contribution >= 0.6 is 24.0 Å². The van der Waals surface area contributed by atoms with E-state index in [-0.39, 0.29) is 17.5 Å². The summed E-state index contributed by atoms with van der Waals surface area (Å²) in [4.78, 5) is 38.0. The summed E-state index contributed by atoms with van der Waals surface area (Å²) in [6.07, 6.45) is 3.42. The number of aromatic nitrogens is 2. The van der Waals surface area contributed by atoms with E-state index in [2.05, 4.69) is 16.7 Å². The van der Waals surface area contributed by atoms with Crippen LogP contribution in [0.4, 0.5) is 5.82 Å². The molecule has 2 aliphatic rings. The molecule has 2 fully saturated rings. The van der Waals surface area contributed by atoms with Gasteiger partial charge in [0.2, 0.25) is 0 Å². The Bertz CT molecular complexity index is 1130. The predicted octanol–water partition coefficient (Wildman–Crippen LogP) is 2.75. The summed E-state index contributed by atoms with van der Waals surface area (Å²) in [5.41, 5.74) is 1.85. The molecule has 0 saturated carbocycles. The number of likely N-dealkylation sites (N-methyl/N-ethyl adjacent to an activating group) is 1. The van der Waals surface area contributed by atoms with E-state index in [1.807, 2.05) is 32.9 Å². The second kappa shape index (κ2) is 8.72. The minimum Gasteiger partial charge on any atom is -0.353 e. The molecule has 7 nitrogen and oxygen atoms in total. The first-order valence-corrected chi connectivity index (χ1v) is 11.8. The third-order valence-corrected chi connectivity index (χ3v) is 7.13. The molecule has 31 heavy (non-hydrogen) atoms. The van der Waals surface area contributed by atoms with E-state index in [0.29, 0.717) is 26.3 Å². The monoisotopic (exact) mass is 457 g/mol. The standard InChI is InChI=1S/C22H27N5O2S2/c1-5-24-9-11-25(12-10-24)19-16(13-17-21(29)27(14(2)3)22(30)31-17)20(28)26-8-6-7-15(4)18(26)23-19/h6-8,13-14H,5,9-12H2,1-4H3/b17-13-. The fourth-order valence-electron chi connectivity index (χ4n) is 4.00. The van der Waals surface area contributed by atoms with Crippen LogP contribution in [0.15, 0.2) is 28.0 Å². The van der Waals surface area contributed by atoms with Crippen LogP contribution in [0.25, 0.3) is 11.7 Å². The summed E-state index contributed by atoms with van der Waals surface area (Å²) in [6.45, 7) is 12.4. The van der Waals surface area contributed by atoms with Crippen molar-refractivity contribution in [2.45, 2.75) is 33.7 Å². The van der Waals surface area contributed by atoms with Crippen LogP contribution in [0.5, 0.6) is 0 Å². The molecular weight excluding hydrogens is 430 g/mol. The highest BCUT2D eigenvalue weighted by Crippen LogP contribution is 2.34. The molecule has 0 bridgehead atoms. The number of carbonyl (C=O) groups is 1. The van der Waals surface area contributed by atoms with E-state index in [1.54, 1.807) is 21.6 Å². The Kier molecular flexibility index (Phi) is 6.18. The SMILES string of the molecule is CCN1CCN(c2nc3c(C)cccn3c(=O)c2/C=C2\SC(=S)N(C(C)C)C2=O)CC1. The number of hydrogen-bond acceptors (Lipinski definition) is 7. The summed E-state index contributed by atoms with van der Waals surface area (Å²) in [5, 5.41) is 0. The number of amides is 1. The number of anilines is 1. The van der Waals surface area contributed by atoms with Gasteiger partial charge in [-0.05, 0) is 45.0 Å². The quantitative estimate of drug-likeness (QED) is 0.517. The van der Waals surface area contributed by atoms with Gasteiger partial charge in [0.15, 0.2) is 0 Å². The normalized spacial score (nSPS) is 19.5. The lowest BCUT2D eigenvalue weighted by molar-refractivity contribution is -0.123. The van der Waals surface area contributed by atoms with Gasteiger partial charge in [-0.1, -0.05) is 37.0 Å². The van der Waals surface area contributed by atoms with Gasteiger partial charge in [-0.25, -0.2) is 4.98 Å². The minimum atomic E-state index is -0.170. The Balaban J connectivity index is 1.86. The van der Waals surface area contributed by atoms with E-state index in [0.717, 1.165) is 38.3 Å². The molecule has 9 heteroatoms. The van der Waals surface area contributed by atoms with Gasteiger partial charge in [-0.3, -0.25) is 18.9 Å². The maximum absolute atomic E-state index is 13.5. The van der Waals surface area contributed by atoms with Crippen molar-refractivity contribution in [1.29, 1.82) is 0 Å². The molecule has 0 radical (unpaired) electrons. The van der Waals surface area contributed by atoms with E-state index in [4.69, 9.17) is 17.2 Å². The van der Waals surface area contributed by atoms with Crippen molar-refractivity contribution in [3.05, 3.63) is 44.7 Å². The molecule has 2 aromatic rings. The van der Waals surface area contributed by atoms with Crippen molar-refractivity contribution in [3.8, 4) is 0 Å². The molecule has 2 aromatic heterocycles. The van der Waals surface area contributed by atoms with Gasteiger partial charge in [0, 0.05) is 38.4 Å². The highest BCUT2D eigenvalue weighted by Gasteiger charge is 2.34. The van der Waals surface area contributed by atoms with Crippen LogP contribution in [0.1, 0.15) is 31.9 Å². The first-order valence-electron chi connectivity index (χ1n) is 10.6. The molecule has 2 aliphatic heterocycles. The number of thiocarbonyl (C=S) groups is 1. The molecule has 0 aromatic carbocycles. The van der Waals surface area contributed by atoms with Crippen LogP contribution < -0.4 is 10.5 Å². The van der Waals surface area contributed by atoms with Gasteiger partial charge in [-0.2, -0.15) is 0 Å². The van der Waals surface area contributed by atoms with Gasteiger partial charge >= 0.3 is 0 Å². The number of thioether (sulfide) groups is 1. The summed E-state index contributed by atoms with van der Waals surface area (Å²) in [7, 11) is 0. The maximum atomic E-state index is 13.5. The Morgan fingerprint density at radius 1 is 1.23 bits per heavy atom. The Morgan fingerprint density at radius 3 is 2.55 bits per heavy atom. The van der Waals surface area contributed by atoms with Crippen LogP contribution in [0.2, 0.25) is 0 Å². The fourth-order valence-corrected chi connectivity index (χ4v) is 5.51. The molecule has 2 saturated heterocycles. The van der Waals surface area contributed by atoms with Crippen molar-refractivity contribution < 1.29 is 4.79 Å². The Morgan fingerprint density at radius 2 is 1.94 bits per heavy atom. The lowest BCUT2D eigenvalue weighted by atomic mass is 10.2. The van der Waals surface area contributed by atoms with E-state index in [9.17, 15) is 9.59 Å². The summed E-state index contributed by atoms with van der Waals surface area (Å²) in [5.74, 6) is 0.491. The average molecular weight is 458 g/mol. The van der Waals surface area contributed by atoms with Crippen LogP contribution in [-0.2, 0) is 4.79 Å². The third-order valence-electron chi connectivity index (χ3n) is 5.80. The highest BCUT2D eigenvalue weighted by molar-refractivity contribution is 8.26. The van der Waals surface area contributed by atoms with Crippen molar-refractivity contribution in [1.82, 2.24) is 19.2 Å². The van der Waals surface area contributed by atoms with Crippen LogP contribution in [0, 0.1) is 6.92 Å². The first-order chi connectivity index (χ1) is 14.8. The smallest absolute Gasteiger partial charge is 0.267 e. The topological polar surface area (TPSA) is 61.2 Å². The number of piperazine rings is 1. The molecule has 0 N–H and O–H groups in total. The van der Waals surface area contributed by atoms with Crippen molar-refractivity contribution in [3.63, 3.8) is 0 Å². The number of fused-ring (bicyclic) bond motifs is 1. The zero-order chi connectivity index (χ0) is 22.3. The minimum absolute atomic E-state index is 0.0292. The number of nitrogens with zero attached hydrogens (tertiary/aromatic N) is 5. The molecule has 4 rings (SSSR count). The van der Waals surface area contributed by atoms with Gasteiger partial charge in [-0.15, -0.1) is 0 Å². The largest absolute Gasteiger partial charge is 0.353 e. The molecule has 0 atom stereocenters. The van der Waals surface area contributed by atoms with E-state index < -0.39 is 0 Å². The highest BCUT2D eigenvalue weighted by atomic mass is 32.2. The van der Waals surface area contributed by atoms with Gasteiger partial charge in [0.25, 0.3) is 11.5 Å². The number of pyridine rings is 1. The van der Waals surface area contributed by atoms with Gasteiger partial charge in [0.1, 0.15) is 15.8 Å². The molecule has 1 amide bonds. The molecule has 0 unspecified atom stereocenters. The van der Waals surface area contributed by atoms with Crippen LogP contribution in [0.3, 0.4) is 0 Å². The number of rotatable bonds is 4. The number of hydrogen-bond donors (Lipinski definition) is 0. The molecular formula is C22H27N5O2S2. The van der Waals surface area contributed by atoms with Crippen LogP contribution in [-0.4, -0.2) is 68.2 Å². The zero-order valence-electron chi connectivity index (χ0n) is 18.3. The fraction of sp³-hybridized carbons (Fsp3) is 0.455. The number of carbonyl (C=O) groups excluding carboxylic acids is 1. The Hall–Kier alpha value is -2.23. The molecule has 4 heterocycles. The first kappa shape index (κ1) is 22.0. The molecule has 0 aliphatic carbocycles. The van der Waals surface area contributed by atoms with Crippen molar-refractivity contribution >= 4 is 51.7 Å². The summed E-state index contributed by atoms with van der Waals surface area (Å²) >= 11 is 6.66. The average Bonchev–Trinajstić information content (AvgIpc) is 3.03. The van der Waals surface area contributed by atoms with Gasteiger partial charge < -0.3 is 9.80 Å². The van der Waals surface area contributed by atoms with Crippen molar-refractivity contribution in [2.75, 3.05) is 37.6 Å². The van der Waals surface area contributed by atoms with E-state index >= 15 is 0 Å². The third kappa shape index (κ3) is 4.02. The Labute approximate surface area is 191 Å². The molecule has 0 spiro atoms. The van der Waals surface area contributed by atoms with E-state index in [1.165, 1.54) is 11.8 Å².